The monoisotopic (exact) mass is 350 g/mol. The molecule has 0 radical (unpaired) electrons. The van der Waals surface area contributed by atoms with Crippen LogP contribution in [0.15, 0.2) is 24.3 Å². The summed E-state index contributed by atoms with van der Waals surface area (Å²) in [7, 11) is 2.05. The molecule has 0 aromatic heterocycles. The number of nitrogens with zero attached hydrogens (tertiary/aromatic N) is 2. The molecule has 5 nitrogen and oxygen atoms in total. The van der Waals surface area contributed by atoms with Crippen LogP contribution < -0.4 is 4.74 Å². The van der Waals surface area contributed by atoms with Crippen LogP contribution in [-0.4, -0.2) is 72.6 Å². The third-order valence-electron chi connectivity index (χ3n) is 4.66. The van der Waals surface area contributed by atoms with Gasteiger partial charge in [-0.3, -0.25) is 0 Å². The van der Waals surface area contributed by atoms with Gasteiger partial charge >= 0.3 is 0 Å². The van der Waals surface area contributed by atoms with Crippen molar-refractivity contribution in [2.24, 2.45) is 0 Å². The molecule has 0 saturated carbocycles. The molecular weight excluding hydrogens is 316 g/mol. The second kappa shape index (κ2) is 11.5. The van der Waals surface area contributed by atoms with Crippen molar-refractivity contribution in [3.8, 4) is 5.75 Å². The lowest BCUT2D eigenvalue weighted by atomic mass is 10.2. The number of aliphatic hydroxyl groups is 2. The number of benzene rings is 1. The van der Waals surface area contributed by atoms with Crippen LogP contribution in [-0.2, 0) is 6.54 Å². The summed E-state index contributed by atoms with van der Waals surface area (Å²) in [5, 5.41) is 19.2. The van der Waals surface area contributed by atoms with Gasteiger partial charge in [-0.1, -0.05) is 25.0 Å². The first-order chi connectivity index (χ1) is 12.2. The van der Waals surface area contributed by atoms with Crippen LogP contribution in [0.1, 0.15) is 37.7 Å². The highest BCUT2D eigenvalue weighted by molar-refractivity contribution is 5.28. The number of rotatable bonds is 10. The highest BCUT2D eigenvalue weighted by Gasteiger charge is 2.14. The van der Waals surface area contributed by atoms with Gasteiger partial charge in [0.2, 0.25) is 0 Å². The Balaban J connectivity index is 1.75. The zero-order valence-electron chi connectivity index (χ0n) is 15.6. The van der Waals surface area contributed by atoms with Crippen molar-refractivity contribution in [1.82, 2.24) is 9.80 Å². The molecule has 1 saturated heterocycles. The number of ether oxygens (including phenoxy) is 1. The van der Waals surface area contributed by atoms with E-state index < -0.39 is 6.10 Å². The van der Waals surface area contributed by atoms with Crippen molar-refractivity contribution in [1.29, 1.82) is 0 Å². The van der Waals surface area contributed by atoms with Crippen LogP contribution in [0.3, 0.4) is 0 Å². The Morgan fingerprint density at radius 2 is 1.96 bits per heavy atom. The third kappa shape index (κ3) is 8.19. The predicted octanol–water partition coefficient (Wildman–Crippen LogP) is 2.12. The van der Waals surface area contributed by atoms with Crippen molar-refractivity contribution >= 4 is 0 Å². The quantitative estimate of drug-likeness (QED) is 0.677. The smallest absolute Gasteiger partial charge is 0.119 e. The first-order valence-corrected chi connectivity index (χ1v) is 9.59. The van der Waals surface area contributed by atoms with Crippen LogP contribution in [0, 0.1) is 0 Å². The summed E-state index contributed by atoms with van der Waals surface area (Å²) in [6.45, 7) is 5.13. The summed E-state index contributed by atoms with van der Waals surface area (Å²) < 4.78 is 5.81. The average molecular weight is 351 g/mol. The summed E-state index contributed by atoms with van der Waals surface area (Å²) >= 11 is 0. The van der Waals surface area contributed by atoms with Gasteiger partial charge in [0.1, 0.15) is 18.5 Å². The SMILES string of the molecule is CN(CCCO)Cc1cccc(OCC(O)CN2CCCCCC2)c1. The van der Waals surface area contributed by atoms with Crippen LogP contribution in [0.5, 0.6) is 5.75 Å². The zero-order valence-corrected chi connectivity index (χ0v) is 15.6. The molecule has 2 rings (SSSR count). The predicted molar refractivity (Wildman–Crippen MR) is 101 cm³/mol. The second-order valence-electron chi connectivity index (χ2n) is 7.14. The summed E-state index contributed by atoms with van der Waals surface area (Å²) in [4.78, 5) is 4.54. The van der Waals surface area contributed by atoms with E-state index in [1.54, 1.807) is 0 Å². The molecule has 5 heteroatoms. The number of likely N-dealkylation sites (tertiary alicyclic amines) is 1. The van der Waals surface area contributed by atoms with E-state index in [1.807, 2.05) is 25.2 Å². The highest BCUT2D eigenvalue weighted by Crippen LogP contribution is 2.16. The van der Waals surface area contributed by atoms with E-state index in [0.29, 0.717) is 13.2 Å². The first kappa shape index (κ1) is 20.2. The van der Waals surface area contributed by atoms with Gasteiger partial charge in [-0.05, 0) is 57.1 Å². The molecule has 142 valence electrons. The molecule has 2 N–H and O–H groups in total. The van der Waals surface area contributed by atoms with Crippen molar-refractivity contribution < 1.29 is 14.9 Å². The lowest BCUT2D eigenvalue weighted by Gasteiger charge is -2.23. The van der Waals surface area contributed by atoms with Crippen molar-refractivity contribution in [2.45, 2.75) is 44.8 Å². The standard InChI is InChI=1S/C20H34N2O3/c1-21(10-7-13-23)15-18-8-6-9-20(14-18)25-17-19(24)16-22-11-4-2-3-5-12-22/h6,8-9,14,19,23-24H,2-5,7,10-13,15-17H2,1H3. The molecule has 25 heavy (non-hydrogen) atoms. The molecule has 1 unspecified atom stereocenters. The molecule has 1 aromatic rings. The van der Waals surface area contributed by atoms with Gasteiger partial charge in [-0.15, -0.1) is 0 Å². The van der Waals surface area contributed by atoms with Gasteiger partial charge < -0.3 is 24.7 Å². The van der Waals surface area contributed by atoms with Gasteiger partial charge in [-0.25, -0.2) is 0 Å². The van der Waals surface area contributed by atoms with E-state index in [9.17, 15) is 5.11 Å². The van der Waals surface area contributed by atoms with Gasteiger partial charge in [0.05, 0.1) is 0 Å². The fourth-order valence-electron chi connectivity index (χ4n) is 3.33. The fraction of sp³-hybridized carbons (Fsp3) is 0.700. The minimum Gasteiger partial charge on any atom is -0.491 e. The van der Waals surface area contributed by atoms with Gasteiger partial charge in [-0.2, -0.15) is 0 Å². The Bertz CT molecular complexity index is 476. The molecule has 0 spiro atoms. The topological polar surface area (TPSA) is 56.2 Å². The summed E-state index contributed by atoms with van der Waals surface area (Å²) in [5.74, 6) is 0.808. The van der Waals surface area contributed by atoms with Crippen LogP contribution in [0.2, 0.25) is 0 Å². The Hall–Kier alpha value is -1.14. The molecule has 0 bridgehead atoms. The molecular formula is C20H34N2O3. The summed E-state index contributed by atoms with van der Waals surface area (Å²) in [5.41, 5.74) is 1.18. The molecule has 1 heterocycles. The maximum absolute atomic E-state index is 10.3. The lowest BCUT2D eigenvalue weighted by Crippen LogP contribution is -2.36. The van der Waals surface area contributed by atoms with Crippen molar-refractivity contribution in [3.63, 3.8) is 0 Å². The third-order valence-corrected chi connectivity index (χ3v) is 4.66. The Morgan fingerprint density at radius 3 is 2.68 bits per heavy atom. The molecule has 1 aliphatic heterocycles. The van der Waals surface area contributed by atoms with Gasteiger partial charge in [0, 0.05) is 26.2 Å². The molecule has 1 aromatic carbocycles. The molecule has 0 aliphatic carbocycles. The highest BCUT2D eigenvalue weighted by atomic mass is 16.5. The fourth-order valence-corrected chi connectivity index (χ4v) is 3.33. The Morgan fingerprint density at radius 1 is 1.20 bits per heavy atom. The minimum atomic E-state index is -0.450. The lowest BCUT2D eigenvalue weighted by molar-refractivity contribution is 0.0693. The van der Waals surface area contributed by atoms with Crippen LogP contribution >= 0.6 is 0 Å². The van der Waals surface area contributed by atoms with Crippen LogP contribution in [0.25, 0.3) is 0 Å². The molecule has 1 fully saturated rings. The van der Waals surface area contributed by atoms with E-state index in [0.717, 1.165) is 38.3 Å². The van der Waals surface area contributed by atoms with E-state index in [1.165, 1.54) is 31.2 Å². The largest absolute Gasteiger partial charge is 0.491 e. The molecule has 0 amide bonds. The minimum absolute atomic E-state index is 0.225. The maximum atomic E-state index is 10.3. The summed E-state index contributed by atoms with van der Waals surface area (Å²) in [6.07, 6.45) is 5.42. The van der Waals surface area contributed by atoms with Crippen molar-refractivity contribution in [2.75, 3.05) is 46.4 Å². The number of hydrogen-bond donors (Lipinski definition) is 2. The molecule has 1 atom stereocenters. The average Bonchev–Trinajstić information content (AvgIpc) is 2.87. The second-order valence-corrected chi connectivity index (χ2v) is 7.14. The van der Waals surface area contributed by atoms with Crippen LogP contribution in [0.4, 0.5) is 0 Å². The van der Waals surface area contributed by atoms with E-state index in [2.05, 4.69) is 15.9 Å². The first-order valence-electron chi connectivity index (χ1n) is 9.59. The van der Waals surface area contributed by atoms with Crippen molar-refractivity contribution in [3.05, 3.63) is 29.8 Å². The maximum Gasteiger partial charge on any atom is 0.119 e. The van der Waals surface area contributed by atoms with E-state index >= 15 is 0 Å². The number of hydrogen-bond acceptors (Lipinski definition) is 5. The molecule has 1 aliphatic rings. The van der Waals surface area contributed by atoms with E-state index in [-0.39, 0.29) is 6.61 Å². The van der Waals surface area contributed by atoms with E-state index in [4.69, 9.17) is 9.84 Å². The number of β-amino-alcohol motifs (C(OH)–C–C–N with tert-alkyl or cyclic N) is 1. The summed E-state index contributed by atoms with van der Waals surface area (Å²) in [6, 6.07) is 8.05. The van der Waals surface area contributed by atoms with Gasteiger partial charge in [0.25, 0.3) is 0 Å². The normalized spacial score (nSPS) is 17.4. The Labute approximate surface area is 152 Å². The Kier molecular flexibility index (Phi) is 9.26. The zero-order chi connectivity index (χ0) is 17.9. The number of aliphatic hydroxyl groups excluding tert-OH is 2. The van der Waals surface area contributed by atoms with Gasteiger partial charge in [0.15, 0.2) is 0 Å².